The summed E-state index contributed by atoms with van der Waals surface area (Å²) in [4.78, 5) is 0. The summed E-state index contributed by atoms with van der Waals surface area (Å²) in [6.07, 6.45) is 11.0. The molecule has 0 spiro atoms. The van der Waals surface area contributed by atoms with Crippen molar-refractivity contribution in [2.75, 3.05) is 0 Å². The molecule has 0 heterocycles. The maximum absolute atomic E-state index is 6.43. The first-order chi connectivity index (χ1) is 7.72. The predicted molar refractivity (Wildman–Crippen MR) is 72.4 cm³/mol. The van der Waals surface area contributed by atoms with Crippen LogP contribution in [-0.2, 0) is 0 Å². The third-order valence-corrected chi connectivity index (χ3v) is 4.73. The van der Waals surface area contributed by atoms with E-state index in [-0.39, 0.29) is 0 Å². The summed E-state index contributed by atoms with van der Waals surface area (Å²) < 4.78 is 0. The molecule has 1 aliphatic rings. The highest BCUT2D eigenvalue weighted by atomic mass is 14.7. The van der Waals surface area contributed by atoms with Crippen LogP contribution in [0.1, 0.15) is 72.1 Å². The predicted octanol–water partition coefficient (Wildman–Crippen LogP) is 4.36. The molecule has 96 valence electrons. The van der Waals surface area contributed by atoms with Gasteiger partial charge in [-0.3, -0.25) is 0 Å². The molecule has 1 atom stereocenters. The highest BCUT2D eigenvalue weighted by Crippen LogP contribution is 2.35. The van der Waals surface area contributed by atoms with Crippen LogP contribution in [0.3, 0.4) is 0 Å². The number of hydrogen-bond acceptors (Lipinski definition) is 1. The third-order valence-electron chi connectivity index (χ3n) is 4.73. The first kappa shape index (κ1) is 14.0. The molecule has 0 aromatic rings. The van der Waals surface area contributed by atoms with Crippen molar-refractivity contribution in [2.24, 2.45) is 23.5 Å². The van der Waals surface area contributed by atoms with Gasteiger partial charge in [-0.25, -0.2) is 0 Å². The second kappa shape index (κ2) is 7.32. The first-order valence-electron chi connectivity index (χ1n) is 7.48. The van der Waals surface area contributed by atoms with Gasteiger partial charge >= 0.3 is 0 Å². The Kier molecular flexibility index (Phi) is 6.41. The zero-order valence-corrected chi connectivity index (χ0v) is 11.5. The van der Waals surface area contributed by atoms with Gasteiger partial charge in [0.05, 0.1) is 0 Å². The largest absolute Gasteiger partial charge is 0.327 e. The molecule has 0 bridgehead atoms. The summed E-state index contributed by atoms with van der Waals surface area (Å²) in [5.41, 5.74) is 6.43. The number of hydrogen-bond donors (Lipinski definition) is 1. The average Bonchev–Trinajstić information content (AvgIpc) is 2.32. The van der Waals surface area contributed by atoms with Crippen molar-refractivity contribution < 1.29 is 0 Å². The fraction of sp³-hybridized carbons (Fsp3) is 1.00. The molecule has 1 saturated carbocycles. The highest BCUT2D eigenvalue weighted by Gasteiger charge is 2.28. The van der Waals surface area contributed by atoms with Crippen LogP contribution in [0.15, 0.2) is 0 Å². The van der Waals surface area contributed by atoms with E-state index in [1.807, 2.05) is 0 Å². The van der Waals surface area contributed by atoms with Crippen molar-refractivity contribution >= 4 is 0 Å². The minimum Gasteiger partial charge on any atom is -0.327 e. The maximum Gasteiger partial charge on any atom is 0.00954 e. The van der Waals surface area contributed by atoms with E-state index in [4.69, 9.17) is 5.73 Å². The molecular formula is C15H31N. The third kappa shape index (κ3) is 3.76. The van der Waals surface area contributed by atoms with Crippen molar-refractivity contribution in [1.29, 1.82) is 0 Å². The molecule has 0 saturated heterocycles. The van der Waals surface area contributed by atoms with Crippen LogP contribution in [0.4, 0.5) is 0 Å². The normalized spacial score (nSPS) is 28.3. The molecule has 1 rings (SSSR count). The summed E-state index contributed by atoms with van der Waals surface area (Å²) >= 11 is 0. The molecular weight excluding hydrogens is 194 g/mol. The fourth-order valence-corrected chi connectivity index (χ4v) is 3.49. The molecule has 16 heavy (non-hydrogen) atoms. The highest BCUT2D eigenvalue weighted by molar-refractivity contribution is 4.83. The lowest BCUT2D eigenvalue weighted by molar-refractivity contribution is 0.194. The molecule has 0 amide bonds. The molecule has 2 N–H and O–H groups in total. The molecule has 1 unspecified atom stereocenters. The summed E-state index contributed by atoms with van der Waals surface area (Å²) in [5, 5.41) is 0. The van der Waals surface area contributed by atoms with Crippen LogP contribution in [0, 0.1) is 17.8 Å². The van der Waals surface area contributed by atoms with Gasteiger partial charge < -0.3 is 5.73 Å². The Morgan fingerprint density at radius 2 is 1.56 bits per heavy atom. The van der Waals surface area contributed by atoms with Gasteiger partial charge in [-0.1, -0.05) is 59.3 Å². The summed E-state index contributed by atoms with van der Waals surface area (Å²) in [7, 11) is 0. The van der Waals surface area contributed by atoms with Crippen molar-refractivity contribution in [3.63, 3.8) is 0 Å². The van der Waals surface area contributed by atoms with Crippen LogP contribution in [-0.4, -0.2) is 6.04 Å². The number of nitrogens with two attached hydrogens (primary N) is 1. The molecule has 1 nitrogen and oxygen atoms in total. The smallest absolute Gasteiger partial charge is 0.00954 e. The van der Waals surface area contributed by atoms with E-state index in [1.54, 1.807) is 0 Å². The topological polar surface area (TPSA) is 26.0 Å². The zero-order valence-electron chi connectivity index (χ0n) is 11.5. The van der Waals surface area contributed by atoms with E-state index in [1.165, 1.54) is 51.4 Å². The van der Waals surface area contributed by atoms with E-state index in [2.05, 4.69) is 20.8 Å². The molecule has 1 aliphatic carbocycles. The molecule has 0 aromatic carbocycles. The quantitative estimate of drug-likeness (QED) is 0.714. The Bertz CT molecular complexity index is 166. The van der Waals surface area contributed by atoms with Crippen LogP contribution < -0.4 is 5.73 Å². The van der Waals surface area contributed by atoms with Crippen LogP contribution in [0.5, 0.6) is 0 Å². The summed E-state index contributed by atoms with van der Waals surface area (Å²) in [6.45, 7) is 6.88. The van der Waals surface area contributed by atoms with E-state index < -0.39 is 0 Å². The summed E-state index contributed by atoms with van der Waals surface area (Å²) in [5.74, 6) is 2.58. The van der Waals surface area contributed by atoms with Crippen molar-refractivity contribution in [3.8, 4) is 0 Å². The summed E-state index contributed by atoms with van der Waals surface area (Å²) in [6, 6.07) is 0.470. The lowest BCUT2D eigenvalue weighted by atomic mass is 9.73. The van der Waals surface area contributed by atoms with Crippen LogP contribution in [0.2, 0.25) is 0 Å². The van der Waals surface area contributed by atoms with Gasteiger partial charge in [-0.15, -0.1) is 0 Å². The van der Waals surface area contributed by atoms with Gasteiger partial charge in [0.15, 0.2) is 0 Å². The molecule has 1 fully saturated rings. The van der Waals surface area contributed by atoms with Crippen molar-refractivity contribution in [3.05, 3.63) is 0 Å². The van der Waals surface area contributed by atoms with Gasteiger partial charge in [-0.2, -0.15) is 0 Å². The minimum atomic E-state index is 0.470. The maximum atomic E-state index is 6.43. The molecule has 0 aliphatic heterocycles. The van der Waals surface area contributed by atoms with Gasteiger partial charge in [0.2, 0.25) is 0 Å². The molecule has 0 aromatic heterocycles. The fourth-order valence-electron chi connectivity index (χ4n) is 3.49. The minimum absolute atomic E-state index is 0.470. The molecule has 0 radical (unpaired) electrons. The Hall–Kier alpha value is -0.0400. The standard InChI is InChI=1S/C15H31N/c1-4-7-12-8-10-14(11-9-12)15(16)13(5-2)6-3/h12-15H,4-11,16H2,1-3H3. The Labute approximate surface area is 102 Å². The molecule has 1 heteroatoms. The van der Waals surface area contributed by atoms with Gasteiger partial charge in [-0.05, 0) is 30.6 Å². The van der Waals surface area contributed by atoms with Gasteiger partial charge in [0.25, 0.3) is 0 Å². The van der Waals surface area contributed by atoms with E-state index >= 15 is 0 Å². The van der Waals surface area contributed by atoms with Crippen LogP contribution >= 0.6 is 0 Å². The first-order valence-corrected chi connectivity index (χ1v) is 7.48. The monoisotopic (exact) mass is 225 g/mol. The Morgan fingerprint density at radius 3 is 2.00 bits per heavy atom. The van der Waals surface area contributed by atoms with E-state index in [9.17, 15) is 0 Å². The Morgan fingerprint density at radius 1 is 1.00 bits per heavy atom. The van der Waals surface area contributed by atoms with Gasteiger partial charge in [0, 0.05) is 6.04 Å². The second-order valence-electron chi connectivity index (χ2n) is 5.72. The lowest BCUT2D eigenvalue weighted by Gasteiger charge is -2.35. The van der Waals surface area contributed by atoms with E-state index in [0.717, 1.165) is 17.8 Å². The second-order valence-corrected chi connectivity index (χ2v) is 5.72. The van der Waals surface area contributed by atoms with Gasteiger partial charge in [0.1, 0.15) is 0 Å². The zero-order chi connectivity index (χ0) is 12.0. The van der Waals surface area contributed by atoms with Crippen LogP contribution in [0.25, 0.3) is 0 Å². The Balaban J connectivity index is 2.34. The number of rotatable bonds is 6. The lowest BCUT2D eigenvalue weighted by Crippen LogP contribution is -2.39. The van der Waals surface area contributed by atoms with E-state index in [0.29, 0.717) is 6.04 Å². The average molecular weight is 225 g/mol. The van der Waals surface area contributed by atoms with Crippen molar-refractivity contribution in [2.45, 2.75) is 78.2 Å². The SMILES string of the molecule is CCCC1CCC(C(N)C(CC)CC)CC1. The van der Waals surface area contributed by atoms with Crippen molar-refractivity contribution in [1.82, 2.24) is 0 Å².